The van der Waals surface area contributed by atoms with E-state index in [1.807, 2.05) is 0 Å². The van der Waals surface area contributed by atoms with Gasteiger partial charge in [0, 0.05) is 10.9 Å². The van der Waals surface area contributed by atoms with Gasteiger partial charge in [0.2, 0.25) is 0 Å². The maximum absolute atomic E-state index is 14.4. The van der Waals surface area contributed by atoms with Gasteiger partial charge in [-0.05, 0) is 42.5 Å². The summed E-state index contributed by atoms with van der Waals surface area (Å²) in [5.74, 6) is -2.22. The third kappa shape index (κ3) is 3.15. The van der Waals surface area contributed by atoms with Crippen molar-refractivity contribution in [1.29, 1.82) is 0 Å². The second kappa shape index (κ2) is 6.07. The molecule has 0 atom stereocenters. The summed E-state index contributed by atoms with van der Waals surface area (Å²) in [4.78, 5) is 11.1. The summed E-state index contributed by atoms with van der Waals surface area (Å²) in [7, 11) is 0. The maximum Gasteiger partial charge on any atom is 0.416 e. The lowest BCUT2D eigenvalue weighted by molar-refractivity contribution is -0.137. The van der Waals surface area contributed by atoms with E-state index < -0.39 is 29.1 Å². The summed E-state index contributed by atoms with van der Waals surface area (Å²) in [5, 5.41) is 13.5. The fourth-order valence-electron chi connectivity index (χ4n) is 3.28. The summed E-state index contributed by atoms with van der Waals surface area (Å²) in [6, 6.07) is 6.21. The monoisotopic (exact) mass is 378 g/mol. The van der Waals surface area contributed by atoms with Gasteiger partial charge in [-0.15, -0.1) is 0 Å². The molecule has 4 rings (SSSR count). The number of halogens is 4. The molecule has 0 spiro atoms. The molecule has 4 nitrogen and oxygen atoms in total. The Labute approximate surface area is 151 Å². The van der Waals surface area contributed by atoms with E-state index in [1.54, 1.807) is 0 Å². The number of fused-ring (bicyclic) bond motifs is 1. The molecule has 1 fully saturated rings. The smallest absolute Gasteiger partial charge is 0.416 e. The maximum atomic E-state index is 14.4. The zero-order valence-electron chi connectivity index (χ0n) is 13.9. The lowest BCUT2D eigenvalue weighted by atomic mass is 10.0. The number of nitrogens with zero attached hydrogens (tertiary/aromatic N) is 2. The second-order valence-electron chi connectivity index (χ2n) is 6.66. The number of aromatic nitrogens is 2. The van der Waals surface area contributed by atoms with Crippen molar-refractivity contribution >= 4 is 16.9 Å². The van der Waals surface area contributed by atoms with Crippen molar-refractivity contribution in [2.45, 2.75) is 31.5 Å². The van der Waals surface area contributed by atoms with E-state index in [9.17, 15) is 22.4 Å². The standard InChI is InChI=1S/C19H14F4N2O2/c20-16-11(2-1-3-14(16)18(26)27)9-25-17-12(8-24-25)6-13(19(21,22)23)7-15(17)10-4-5-10/h1-3,6-8,10H,4-5,9H2,(H,26,27). The molecule has 0 unspecified atom stereocenters. The van der Waals surface area contributed by atoms with Gasteiger partial charge in [0.25, 0.3) is 0 Å². The predicted octanol–water partition coefficient (Wildman–Crippen LogP) is 4.82. The molecule has 8 heteroatoms. The van der Waals surface area contributed by atoms with E-state index in [1.165, 1.54) is 23.0 Å². The quantitative estimate of drug-likeness (QED) is 0.663. The second-order valence-corrected chi connectivity index (χ2v) is 6.66. The molecular formula is C19H14F4N2O2. The van der Waals surface area contributed by atoms with E-state index in [0.29, 0.717) is 16.5 Å². The highest BCUT2D eigenvalue weighted by molar-refractivity contribution is 5.88. The fraction of sp³-hybridized carbons (Fsp3) is 0.263. The molecule has 2 aromatic carbocycles. The van der Waals surface area contributed by atoms with E-state index in [2.05, 4.69) is 5.10 Å². The first kappa shape index (κ1) is 17.5. The lowest BCUT2D eigenvalue weighted by Crippen LogP contribution is -2.10. The van der Waals surface area contributed by atoms with Crippen molar-refractivity contribution in [3.8, 4) is 0 Å². The van der Waals surface area contributed by atoms with Crippen LogP contribution in [0.1, 0.15) is 45.8 Å². The van der Waals surface area contributed by atoms with Crippen molar-refractivity contribution < 1.29 is 27.5 Å². The average Bonchev–Trinajstić information content (AvgIpc) is 3.36. The van der Waals surface area contributed by atoms with Gasteiger partial charge in [0.1, 0.15) is 5.82 Å². The summed E-state index contributed by atoms with van der Waals surface area (Å²) in [5.41, 5.74) is 0.0144. The molecule has 0 amide bonds. The first-order valence-corrected chi connectivity index (χ1v) is 8.33. The van der Waals surface area contributed by atoms with Gasteiger partial charge in [-0.2, -0.15) is 18.3 Å². The van der Waals surface area contributed by atoms with Crippen LogP contribution in [0.3, 0.4) is 0 Å². The third-order valence-corrected chi connectivity index (χ3v) is 4.74. The largest absolute Gasteiger partial charge is 0.478 e. The Morgan fingerprint density at radius 2 is 2.00 bits per heavy atom. The van der Waals surface area contributed by atoms with Gasteiger partial charge in [-0.1, -0.05) is 12.1 Å². The molecule has 1 heterocycles. The molecule has 1 aromatic heterocycles. The lowest BCUT2D eigenvalue weighted by Gasteiger charge is -2.13. The number of aromatic carboxylic acids is 1. The van der Waals surface area contributed by atoms with Crippen LogP contribution in [0.4, 0.5) is 17.6 Å². The van der Waals surface area contributed by atoms with E-state index in [-0.39, 0.29) is 18.0 Å². The predicted molar refractivity (Wildman–Crippen MR) is 89.2 cm³/mol. The molecule has 0 bridgehead atoms. The Kier molecular flexibility index (Phi) is 3.94. The minimum Gasteiger partial charge on any atom is -0.478 e. The normalized spacial score (nSPS) is 14.7. The molecule has 27 heavy (non-hydrogen) atoms. The molecule has 0 saturated heterocycles. The highest BCUT2D eigenvalue weighted by Crippen LogP contribution is 2.45. The molecule has 1 N–H and O–H groups in total. The summed E-state index contributed by atoms with van der Waals surface area (Å²) in [6.45, 7) is -0.0679. The molecular weight excluding hydrogens is 364 g/mol. The highest BCUT2D eigenvalue weighted by atomic mass is 19.4. The Balaban J connectivity index is 1.82. The number of rotatable bonds is 4. The summed E-state index contributed by atoms with van der Waals surface area (Å²) >= 11 is 0. The zero-order valence-corrected chi connectivity index (χ0v) is 13.9. The van der Waals surface area contributed by atoms with Gasteiger partial charge < -0.3 is 5.11 Å². The Morgan fingerprint density at radius 1 is 1.26 bits per heavy atom. The Hall–Kier alpha value is -2.90. The van der Waals surface area contributed by atoms with Gasteiger partial charge in [0.15, 0.2) is 0 Å². The van der Waals surface area contributed by atoms with Gasteiger partial charge in [-0.3, -0.25) is 4.68 Å². The first-order chi connectivity index (χ1) is 12.8. The first-order valence-electron chi connectivity index (χ1n) is 8.33. The van der Waals surface area contributed by atoms with Crippen LogP contribution in [-0.2, 0) is 12.7 Å². The van der Waals surface area contributed by atoms with Gasteiger partial charge >= 0.3 is 12.1 Å². The van der Waals surface area contributed by atoms with Gasteiger partial charge in [-0.25, -0.2) is 9.18 Å². The van der Waals surface area contributed by atoms with Crippen LogP contribution >= 0.6 is 0 Å². The van der Waals surface area contributed by atoms with Crippen molar-refractivity contribution in [2.75, 3.05) is 0 Å². The average molecular weight is 378 g/mol. The van der Waals surface area contributed by atoms with Crippen LogP contribution in [0.2, 0.25) is 0 Å². The summed E-state index contributed by atoms with van der Waals surface area (Å²) < 4.78 is 55.4. The number of carboxylic acid groups (broad SMARTS) is 1. The van der Waals surface area contributed by atoms with Crippen molar-refractivity contribution in [2.24, 2.45) is 0 Å². The van der Waals surface area contributed by atoms with E-state index in [4.69, 9.17) is 5.11 Å². The fourth-order valence-corrected chi connectivity index (χ4v) is 3.28. The minimum atomic E-state index is -4.46. The van der Waals surface area contributed by atoms with Crippen molar-refractivity contribution in [1.82, 2.24) is 9.78 Å². The summed E-state index contributed by atoms with van der Waals surface area (Å²) in [6.07, 6.45) is -1.54. The number of benzene rings is 2. The number of hydrogen-bond acceptors (Lipinski definition) is 2. The highest BCUT2D eigenvalue weighted by Gasteiger charge is 2.35. The Bertz CT molecular complexity index is 1050. The molecule has 1 aliphatic rings. The van der Waals surface area contributed by atoms with E-state index >= 15 is 0 Å². The van der Waals surface area contributed by atoms with Crippen LogP contribution in [0.25, 0.3) is 10.9 Å². The molecule has 1 aliphatic carbocycles. The third-order valence-electron chi connectivity index (χ3n) is 4.74. The SMILES string of the molecule is O=C(O)c1cccc(Cn2ncc3cc(C(F)(F)F)cc(C4CC4)c32)c1F. The van der Waals surface area contributed by atoms with Crippen LogP contribution in [-0.4, -0.2) is 20.9 Å². The number of alkyl halides is 3. The molecule has 0 aliphatic heterocycles. The zero-order chi connectivity index (χ0) is 19.3. The minimum absolute atomic E-state index is 0.0282. The van der Waals surface area contributed by atoms with Crippen LogP contribution in [0, 0.1) is 5.82 Å². The van der Waals surface area contributed by atoms with Gasteiger partial charge in [0.05, 0.1) is 29.4 Å². The number of hydrogen-bond donors (Lipinski definition) is 1. The molecule has 0 radical (unpaired) electrons. The van der Waals surface area contributed by atoms with Crippen molar-refractivity contribution in [3.63, 3.8) is 0 Å². The van der Waals surface area contributed by atoms with Crippen LogP contribution in [0.5, 0.6) is 0 Å². The van der Waals surface area contributed by atoms with Crippen LogP contribution in [0.15, 0.2) is 36.5 Å². The number of carboxylic acids is 1. The number of carbonyl (C=O) groups is 1. The van der Waals surface area contributed by atoms with Crippen molar-refractivity contribution in [3.05, 3.63) is 64.6 Å². The molecule has 140 valence electrons. The van der Waals surface area contributed by atoms with E-state index in [0.717, 1.165) is 31.0 Å². The molecule has 1 saturated carbocycles. The topological polar surface area (TPSA) is 55.1 Å². The van der Waals surface area contributed by atoms with Crippen LogP contribution < -0.4 is 0 Å². The molecule has 3 aromatic rings. The Morgan fingerprint density at radius 3 is 2.63 bits per heavy atom.